The molecule has 0 saturated heterocycles. The van der Waals surface area contributed by atoms with Crippen LogP contribution in [-0.4, -0.2) is 37.2 Å². The van der Waals surface area contributed by atoms with Gasteiger partial charge in [0, 0.05) is 19.3 Å². The molecular formula is C77H120O6. The average molecular weight is 1140 g/mol. The fourth-order valence-corrected chi connectivity index (χ4v) is 8.52. The summed E-state index contributed by atoms with van der Waals surface area (Å²) in [6.45, 7) is 6.25. The van der Waals surface area contributed by atoms with Gasteiger partial charge in [0.25, 0.3) is 0 Å². The Morgan fingerprint density at radius 1 is 0.241 bits per heavy atom. The molecule has 0 saturated carbocycles. The SMILES string of the molecule is CC/C=C\C/C=C\C/C=C\C/C=C\C/C=C\C/C=C\C/C=C\CCCCCC(=O)OCC(COC(=O)CCCCCCCC/C=C\C/C=C\C/C=C\C/C=C\CC)OC(=O)CCCCCCCCCC/C=C\C/C=C\C/C=C\C/C=C\CC. The smallest absolute Gasteiger partial charge is 0.306 e. The van der Waals surface area contributed by atoms with E-state index in [2.05, 4.69) is 203 Å². The highest BCUT2D eigenvalue weighted by molar-refractivity contribution is 5.71. The standard InChI is InChI=1S/C77H120O6/c1-4-7-10-13-16-19-22-25-28-31-34-36-37-38-39-41-43-46-49-52-55-58-61-64-67-70-76(79)82-73-74(72-81-75(78)69-66-63-60-57-54-51-48-45-42-33-30-27-24-21-18-15-12-9-6-3)83-77(80)71-68-65-62-59-56-53-50-47-44-40-35-32-29-26-23-20-17-14-11-8-5-2/h7-12,16-21,25-30,34-36,38-40,42-43,45-46,52,55,74H,4-6,13-15,22-24,31-33,37,41,44,47-51,53-54,56-73H2,1-3H3/b10-7-,11-8-,12-9-,19-16-,20-17-,21-18-,28-25-,29-26-,30-27-,36-34-,39-38-,40-35-,45-42-,46-43-,55-52-. The quantitative estimate of drug-likeness (QED) is 0.0261. The molecule has 83 heavy (non-hydrogen) atoms. The van der Waals surface area contributed by atoms with Gasteiger partial charge >= 0.3 is 17.9 Å². The molecule has 6 nitrogen and oxygen atoms in total. The van der Waals surface area contributed by atoms with Crippen LogP contribution in [0.2, 0.25) is 0 Å². The Labute approximate surface area is 510 Å². The summed E-state index contributed by atoms with van der Waals surface area (Å²) in [6.07, 6.45) is 103. The van der Waals surface area contributed by atoms with Gasteiger partial charge in [0.15, 0.2) is 6.10 Å². The Bertz CT molecular complexity index is 1940. The molecule has 0 radical (unpaired) electrons. The van der Waals surface area contributed by atoms with E-state index in [1.807, 2.05) is 0 Å². The van der Waals surface area contributed by atoms with E-state index in [-0.39, 0.29) is 31.1 Å². The maximum absolute atomic E-state index is 13.0. The Kier molecular flexibility index (Phi) is 64.4. The summed E-state index contributed by atoms with van der Waals surface area (Å²) in [5, 5.41) is 0. The molecule has 0 heterocycles. The van der Waals surface area contributed by atoms with Crippen molar-refractivity contribution in [3.63, 3.8) is 0 Å². The summed E-state index contributed by atoms with van der Waals surface area (Å²) in [5.41, 5.74) is 0. The maximum atomic E-state index is 13.0. The highest BCUT2D eigenvalue weighted by Gasteiger charge is 2.19. The van der Waals surface area contributed by atoms with Crippen LogP contribution in [0.25, 0.3) is 0 Å². The Hall–Kier alpha value is -5.49. The minimum Gasteiger partial charge on any atom is -0.462 e. The summed E-state index contributed by atoms with van der Waals surface area (Å²) in [4.78, 5) is 38.4. The van der Waals surface area contributed by atoms with Gasteiger partial charge in [-0.1, -0.05) is 274 Å². The summed E-state index contributed by atoms with van der Waals surface area (Å²) < 4.78 is 16.9. The lowest BCUT2D eigenvalue weighted by Crippen LogP contribution is -2.30. The van der Waals surface area contributed by atoms with Crippen LogP contribution in [0.3, 0.4) is 0 Å². The van der Waals surface area contributed by atoms with Crippen molar-refractivity contribution in [1.82, 2.24) is 0 Å². The molecule has 0 rings (SSSR count). The van der Waals surface area contributed by atoms with E-state index < -0.39 is 6.10 Å². The Morgan fingerprint density at radius 2 is 0.434 bits per heavy atom. The molecule has 0 bridgehead atoms. The van der Waals surface area contributed by atoms with Gasteiger partial charge in [-0.05, 0) is 154 Å². The van der Waals surface area contributed by atoms with Gasteiger partial charge in [0.05, 0.1) is 0 Å². The second kappa shape index (κ2) is 69.0. The zero-order valence-electron chi connectivity index (χ0n) is 53.1. The van der Waals surface area contributed by atoms with E-state index in [0.29, 0.717) is 19.3 Å². The lowest BCUT2D eigenvalue weighted by Gasteiger charge is -2.18. The predicted molar refractivity (Wildman–Crippen MR) is 361 cm³/mol. The van der Waals surface area contributed by atoms with Gasteiger partial charge in [-0.2, -0.15) is 0 Å². The van der Waals surface area contributed by atoms with Crippen molar-refractivity contribution < 1.29 is 28.6 Å². The van der Waals surface area contributed by atoms with Crippen molar-refractivity contribution in [3.05, 3.63) is 182 Å². The van der Waals surface area contributed by atoms with Gasteiger partial charge in [0.1, 0.15) is 13.2 Å². The Morgan fingerprint density at radius 3 is 0.687 bits per heavy atom. The molecule has 0 fully saturated rings. The second-order valence-electron chi connectivity index (χ2n) is 21.2. The van der Waals surface area contributed by atoms with Crippen LogP contribution in [0, 0.1) is 0 Å². The molecule has 6 heteroatoms. The van der Waals surface area contributed by atoms with Crippen LogP contribution in [0.4, 0.5) is 0 Å². The van der Waals surface area contributed by atoms with Crippen molar-refractivity contribution in [2.24, 2.45) is 0 Å². The van der Waals surface area contributed by atoms with E-state index >= 15 is 0 Å². The summed E-state index contributed by atoms with van der Waals surface area (Å²) in [6, 6.07) is 0. The summed E-state index contributed by atoms with van der Waals surface area (Å²) >= 11 is 0. The number of allylic oxidation sites excluding steroid dienone is 30. The van der Waals surface area contributed by atoms with Crippen molar-refractivity contribution in [2.45, 2.75) is 271 Å². The third kappa shape index (κ3) is 67.2. The molecule has 0 aromatic carbocycles. The number of unbranched alkanes of at least 4 members (excludes halogenated alkanes) is 17. The van der Waals surface area contributed by atoms with E-state index in [0.717, 1.165) is 180 Å². The molecule has 0 aliphatic carbocycles. The van der Waals surface area contributed by atoms with Crippen LogP contribution < -0.4 is 0 Å². The van der Waals surface area contributed by atoms with Gasteiger partial charge in [-0.3, -0.25) is 14.4 Å². The lowest BCUT2D eigenvalue weighted by molar-refractivity contribution is -0.167. The van der Waals surface area contributed by atoms with Crippen molar-refractivity contribution >= 4 is 17.9 Å². The fourth-order valence-electron chi connectivity index (χ4n) is 8.52. The van der Waals surface area contributed by atoms with Crippen LogP contribution in [0.5, 0.6) is 0 Å². The van der Waals surface area contributed by atoms with Crippen molar-refractivity contribution in [3.8, 4) is 0 Å². The molecule has 0 aromatic rings. The number of hydrogen-bond acceptors (Lipinski definition) is 6. The van der Waals surface area contributed by atoms with Crippen LogP contribution in [-0.2, 0) is 28.6 Å². The molecule has 0 spiro atoms. The van der Waals surface area contributed by atoms with Crippen LogP contribution >= 0.6 is 0 Å². The molecule has 1 unspecified atom stereocenters. The third-order valence-corrected chi connectivity index (χ3v) is 13.4. The summed E-state index contributed by atoms with van der Waals surface area (Å²) in [7, 11) is 0. The maximum Gasteiger partial charge on any atom is 0.306 e. The molecule has 0 aromatic heterocycles. The topological polar surface area (TPSA) is 78.9 Å². The summed E-state index contributed by atoms with van der Waals surface area (Å²) in [5.74, 6) is -0.967. The normalized spacial score (nSPS) is 13.3. The number of rotatable bonds is 58. The first-order chi connectivity index (χ1) is 41.0. The first kappa shape index (κ1) is 77.5. The van der Waals surface area contributed by atoms with E-state index in [9.17, 15) is 14.4 Å². The minimum atomic E-state index is -0.816. The molecule has 0 amide bonds. The zero-order valence-corrected chi connectivity index (χ0v) is 53.1. The largest absolute Gasteiger partial charge is 0.462 e. The third-order valence-electron chi connectivity index (χ3n) is 13.4. The van der Waals surface area contributed by atoms with E-state index in [1.165, 1.54) is 44.9 Å². The molecular weight excluding hydrogens is 1020 g/mol. The average Bonchev–Trinajstić information content (AvgIpc) is 3.50. The van der Waals surface area contributed by atoms with E-state index in [1.54, 1.807) is 0 Å². The van der Waals surface area contributed by atoms with Crippen LogP contribution in [0.15, 0.2) is 182 Å². The van der Waals surface area contributed by atoms with Crippen molar-refractivity contribution in [1.29, 1.82) is 0 Å². The highest BCUT2D eigenvalue weighted by atomic mass is 16.6. The number of carbonyl (C=O) groups excluding carboxylic acids is 3. The first-order valence-corrected chi connectivity index (χ1v) is 33.3. The Balaban J connectivity index is 4.54. The molecule has 0 aliphatic heterocycles. The molecule has 1 atom stereocenters. The van der Waals surface area contributed by atoms with Gasteiger partial charge < -0.3 is 14.2 Å². The lowest BCUT2D eigenvalue weighted by atomic mass is 10.1. The number of esters is 3. The van der Waals surface area contributed by atoms with Gasteiger partial charge in [-0.15, -0.1) is 0 Å². The number of hydrogen-bond donors (Lipinski definition) is 0. The molecule has 0 aliphatic rings. The predicted octanol–water partition coefficient (Wildman–Crippen LogP) is 23.2. The van der Waals surface area contributed by atoms with E-state index in [4.69, 9.17) is 14.2 Å². The van der Waals surface area contributed by atoms with Crippen LogP contribution in [0.1, 0.15) is 265 Å². The first-order valence-electron chi connectivity index (χ1n) is 33.3. The fraction of sp³-hybridized carbons (Fsp3) is 0.571. The zero-order chi connectivity index (χ0) is 59.9. The van der Waals surface area contributed by atoms with Crippen molar-refractivity contribution in [2.75, 3.05) is 13.2 Å². The minimum absolute atomic E-state index is 0.109. The number of carbonyl (C=O) groups is 3. The second-order valence-corrected chi connectivity index (χ2v) is 21.2. The van der Waals surface area contributed by atoms with Gasteiger partial charge in [-0.25, -0.2) is 0 Å². The molecule has 464 valence electrons. The van der Waals surface area contributed by atoms with Gasteiger partial charge in [0.2, 0.25) is 0 Å². The highest BCUT2D eigenvalue weighted by Crippen LogP contribution is 2.14. The molecule has 0 N–H and O–H groups in total. The number of ether oxygens (including phenoxy) is 3. The monoisotopic (exact) mass is 1140 g/mol.